The molecule has 1 aromatic heterocycles. The lowest BCUT2D eigenvalue weighted by Crippen LogP contribution is -2.51. The normalized spacial score (nSPS) is 12.3. The van der Waals surface area contributed by atoms with Gasteiger partial charge in [0.05, 0.1) is 22.2 Å². The Morgan fingerprint density at radius 3 is 1.37 bits per heavy atom. The number of nitro benzene ring substituents is 2. The first-order chi connectivity index (χ1) is 39.9. The lowest BCUT2D eigenvalue weighted by molar-refractivity contribution is -0.384. The minimum absolute atomic E-state index is 0.108. The number of nitrogens with one attached hydrogen (secondary N) is 9. The highest BCUT2D eigenvalue weighted by atomic mass is 19.1. The molecule has 0 radical (unpaired) electrons. The zero-order valence-corrected chi connectivity index (χ0v) is 45.5. The topological polar surface area (TPSA) is 504 Å². The number of halogens is 1. The Morgan fingerprint density at radius 1 is 0.560 bits per heavy atom. The Bertz CT molecular complexity index is 2590. The summed E-state index contributed by atoms with van der Waals surface area (Å²) in [7, 11) is 0. The first-order valence-electron chi connectivity index (χ1n) is 26.4. The van der Waals surface area contributed by atoms with E-state index in [-0.39, 0.29) is 113 Å². The van der Waals surface area contributed by atoms with E-state index in [0.29, 0.717) is 43.1 Å². The molecule has 15 N–H and O–H groups in total. The van der Waals surface area contributed by atoms with E-state index in [1.807, 2.05) is 15.5 Å². The van der Waals surface area contributed by atoms with Crippen molar-refractivity contribution in [2.24, 2.45) is 0 Å². The molecule has 1 heterocycles. The second-order valence-electron chi connectivity index (χ2n) is 18.7. The van der Waals surface area contributed by atoms with E-state index >= 15 is 0 Å². The fourth-order valence-electron chi connectivity index (χ4n) is 7.95. The average molecular weight is 1190 g/mol. The van der Waals surface area contributed by atoms with Gasteiger partial charge < -0.3 is 78.5 Å². The smallest absolute Gasteiger partial charge is 0.326 e. The van der Waals surface area contributed by atoms with Gasteiger partial charge in [-0.2, -0.15) is 0 Å². The highest BCUT2D eigenvalue weighted by Crippen LogP contribution is 2.29. The summed E-state index contributed by atoms with van der Waals surface area (Å²) in [6, 6.07) is 0.252. The van der Waals surface area contributed by atoms with Crippen LogP contribution in [-0.2, 0) is 46.5 Å². The molecular formula is C49H70FN15O19. The molecule has 0 bridgehead atoms. The molecule has 0 saturated heterocycles. The Hall–Kier alpha value is -9.70. The fraction of sp³-hybridized carbons (Fsp3) is 0.531. The number of alkyl halides is 1. The van der Waals surface area contributed by atoms with Crippen molar-refractivity contribution in [3.8, 4) is 0 Å². The van der Waals surface area contributed by atoms with E-state index in [0.717, 1.165) is 0 Å². The Balaban J connectivity index is 1.63. The molecule has 0 aliphatic rings. The molecule has 84 heavy (non-hydrogen) atoms. The monoisotopic (exact) mass is 1190 g/mol. The molecule has 0 fully saturated rings. The van der Waals surface area contributed by atoms with Crippen LogP contribution in [0, 0.1) is 20.2 Å². The second-order valence-corrected chi connectivity index (χ2v) is 18.7. The number of urea groups is 2. The summed E-state index contributed by atoms with van der Waals surface area (Å²) in [4.78, 5) is 131. The van der Waals surface area contributed by atoms with Crippen LogP contribution in [0.1, 0.15) is 76.3 Å². The number of amides is 5. The van der Waals surface area contributed by atoms with Crippen LogP contribution in [0.4, 0.5) is 48.1 Å². The summed E-state index contributed by atoms with van der Waals surface area (Å²) in [6.45, 7) is 1.31. The molecule has 4 atom stereocenters. The molecule has 0 saturated carbocycles. The zero-order valence-electron chi connectivity index (χ0n) is 45.5. The average Bonchev–Trinajstić information content (AvgIpc) is 3.99. The Kier molecular flexibility index (Phi) is 29.9. The molecule has 2 aromatic carbocycles. The largest absolute Gasteiger partial charge is 0.481 e. The maximum atomic E-state index is 12.9. The molecule has 0 aliphatic heterocycles. The van der Waals surface area contributed by atoms with Gasteiger partial charge in [0.2, 0.25) is 5.91 Å². The van der Waals surface area contributed by atoms with Crippen LogP contribution >= 0.6 is 0 Å². The third-order valence-corrected chi connectivity index (χ3v) is 12.3. The van der Waals surface area contributed by atoms with Crippen LogP contribution in [-0.4, -0.2) is 197 Å². The number of carbonyl (C=O) groups is 9. The van der Waals surface area contributed by atoms with Crippen molar-refractivity contribution in [1.29, 1.82) is 0 Å². The molecule has 5 amide bonds. The molecule has 34 nitrogen and oxygen atoms in total. The van der Waals surface area contributed by atoms with Gasteiger partial charge in [-0.1, -0.05) is 5.21 Å². The summed E-state index contributed by atoms with van der Waals surface area (Å²) in [5, 5.41) is 111. The predicted molar refractivity (Wildman–Crippen MR) is 294 cm³/mol. The van der Waals surface area contributed by atoms with E-state index < -0.39 is 114 Å². The van der Waals surface area contributed by atoms with Gasteiger partial charge in [-0.15, -0.1) is 5.10 Å². The van der Waals surface area contributed by atoms with Crippen molar-refractivity contribution < 1.29 is 88.0 Å². The molecular weight excluding hydrogens is 1120 g/mol. The number of carboxylic acids is 6. The summed E-state index contributed by atoms with van der Waals surface area (Å²) >= 11 is 0. The van der Waals surface area contributed by atoms with Crippen LogP contribution in [0.5, 0.6) is 0 Å². The number of hydrogen-bond acceptors (Lipinski definition) is 20. The number of benzene rings is 2. The summed E-state index contributed by atoms with van der Waals surface area (Å²) < 4.78 is 14.0. The minimum Gasteiger partial charge on any atom is -0.481 e. The molecule has 0 aliphatic carbocycles. The SMILES string of the molecule is O=C(O)CC[C@H](NC(=O)N[C@@H](CCCCNc1cc(NCCN(CCNC(=O)Cn2cc(CCCF)nn2)CCNc2ccc([N+](=O)[O-])c(NCCCC[C@H](NC(=O)N[C@@H](CCC(=O)O)C(=O)O)C(=O)O)c2)ccc1[N+](=O)[O-])C(=O)O)C(=O)O. The van der Waals surface area contributed by atoms with Crippen molar-refractivity contribution in [3.05, 3.63) is 68.5 Å². The van der Waals surface area contributed by atoms with Gasteiger partial charge in [-0.25, -0.2) is 33.4 Å². The molecule has 3 rings (SSSR count). The second kappa shape index (κ2) is 36.6. The van der Waals surface area contributed by atoms with Crippen molar-refractivity contribution in [1.82, 2.24) is 46.5 Å². The van der Waals surface area contributed by atoms with Crippen LogP contribution in [0.25, 0.3) is 0 Å². The number of carbonyl (C=O) groups excluding carboxylic acids is 3. The predicted octanol–water partition coefficient (Wildman–Crippen LogP) is 1.94. The fourth-order valence-corrected chi connectivity index (χ4v) is 7.95. The Labute approximate surface area is 478 Å². The van der Waals surface area contributed by atoms with Crippen molar-refractivity contribution in [2.45, 2.75) is 108 Å². The van der Waals surface area contributed by atoms with Gasteiger partial charge >= 0.3 is 47.9 Å². The minimum atomic E-state index is -1.58. The molecule has 0 unspecified atom stereocenters. The summed E-state index contributed by atoms with van der Waals surface area (Å²) in [6.07, 6.45) is 0.883. The van der Waals surface area contributed by atoms with Gasteiger partial charge in [0.25, 0.3) is 11.4 Å². The zero-order chi connectivity index (χ0) is 62.1. The van der Waals surface area contributed by atoms with Crippen LogP contribution < -0.4 is 47.9 Å². The number of aliphatic carboxylic acids is 6. The number of carboxylic acid groups (broad SMARTS) is 6. The van der Waals surface area contributed by atoms with E-state index in [1.54, 1.807) is 6.20 Å². The van der Waals surface area contributed by atoms with Gasteiger partial charge in [-0.3, -0.25) is 43.9 Å². The van der Waals surface area contributed by atoms with Crippen molar-refractivity contribution in [2.75, 3.05) is 80.3 Å². The maximum absolute atomic E-state index is 12.9. The number of aryl methyl sites for hydroxylation is 1. The van der Waals surface area contributed by atoms with Gasteiger partial charge in [0.15, 0.2) is 0 Å². The number of nitrogens with zero attached hydrogens (tertiary/aromatic N) is 6. The van der Waals surface area contributed by atoms with Crippen LogP contribution in [0.3, 0.4) is 0 Å². The molecule has 462 valence electrons. The number of nitro groups is 2. The number of rotatable bonds is 44. The van der Waals surface area contributed by atoms with Gasteiger partial charge in [0, 0.05) is 94.9 Å². The lowest BCUT2D eigenvalue weighted by atomic mass is 10.1. The van der Waals surface area contributed by atoms with Crippen LogP contribution in [0.2, 0.25) is 0 Å². The quantitative estimate of drug-likeness (QED) is 0.0218. The number of aromatic nitrogens is 3. The third-order valence-electron chi connectivity index (χ3n) is 12.3. The first-order valence-corrected chi connectivity index (χ1v) is 26.4. The summed E-state index contributed by atoms with van der Waals surface area (Å²) in [5.41, 5.74) is 1.23. The van der Waals surface area contributed by atoms with Crippen molar-refractivity contribution in [3.63, 3.8) is 0 Å². The van der Waals surface area contributed by atoms with E-state index in [9.17, 15) is 88.2 Å². The summed E-state index contributed by atoms with van der Waals surface area (Å²) in [5.74, 6) is -8.82. The van der Waals surface area contributed by atoms with E-state index in [2.05, 4.69) is 47.5 Å². The Morgan fingerprint density at radius 2 is 0.976 bits per heavy atom. The maximum Gasteiger partial charge on any atom is 0.326 e. The lowest BCUT2D eigenvalue weighted by Gasteiger charge is -2.23. The van der Waals surface area contributed by atoms with Gasteiger partial charge in [0.1, 0.15) is 42.1 Å². The molecule has 0 spiro atoms. The number of anilines is 4. The third kappa shape index (κ3) is 26.7. The molecule has 35 heteroatoms. The number of hydrogen-bond donors (Lipinski definition) is 15. The van der Waals surface area contributed by atoms with E-state index in [1.165, 1.54) is 41.1 Å². The highest BCUT2D eigenvalue weighted by Gasteiger charge is 2.27. The van der Waals surface area contributed by atoms with E-state index in [4.69, 9.17) is 10.2 Å². The van der Waals surface area contributed by atoms with Gasteiger partial charge in [-0.05, 0) is 88.5 Å². The molecule has 3 aromatic rings. The van der Waals surface area contributed by atoms with Crippen LogP contribution in [0.15, 0.2) is 42.6 Å². The number of unbranched alkanes of at least 4 members (excludes halogenated alkanes) is 2. The first kappa shape index (κ1) is 68.6. The highest BCUT2D eigenvalue weighted by molar-refractivity contribution is 5.87. The van der Waals surface area contributed by atoms with Crippen molar-refractivity contribution >= 4 is 87.9 Å². The standard InChI is InChI=1S/C49H70FN15O19/c50-17-5-6-32-28-63(61-60-32)29-41(66)55-22-25-62(23-20-51-30-9-13-39(64(81)82)37(26-30)53-18-3-1-7-33(44(71)72)56-48(79)58-35(46(75)76)11-15-42(67)68)24-21-52-31-10-14-40(65(83)84)38(27-31)54-19-4-2-8-34(45(73)74)57-49(80)59-36(47(77)78)12-16-43(69)70/h9-10,13-14,26-28,33-36,51-54H,1-8,11-12,15-25,29H2,(H,55,66)(H,67,68)(H,69,70)(H,71,72)(H,73,74)(H,75,76)(H,77,78)(H2,56,58,79)(H2,57,59,80)/t33-,34-,35-,36-/m0/s1.